The number of amides is 2. The Labute approximate surface area is 421 Å². The number of rotatable bonds is 33. The highest BCUT2D eigenvalue weighted by Gasteiger charge is 2.46. The lowest BCUT2D eigenvalue weighted by atomic mass is 9.65. The van der Waals surface area contributed by atoms with Crippen molar-refractivity contribution < 1.29 is 63.0 Å². The molecule has 0 aliphatic rings. The average molecular weight is 1000 g/mol. The minimum Gasteiger partial charge on any atom is -0.400 e. The lowest BCUT2D eigenvalue weighted by molar-refractivity contribution is -0.136. The number of aliphatic hydroxyl groups is 3. The van der Waals surface area contributed by atoms with Gasteiger partial charge in [-0.05, 0) is 47.0 Å². The van der Waals surface area contributed by atoms with E-state index < -0.39 is 33.6 Å². The molecule has 18 nitrogen and oxygen atoms in total. The van der Waals surface area contributed by atoms with E-state index in [0.29, 0.717) is 37.6 Å². The Kier molecular flexibility index (Phi) is 35.1. The smallest absolute Gasteiger partial charge is 0.226 e. The van der Waals surface area contributed by atoms with Crippen molar-refractivity contribution in [3.8, 4) is 0 Å². The summed E-state index contributed by atoms with van der Waals surface area (Å²) in [6, 6.07) is 0. The molecule has 1 aromatic heterocycles. The Morgan fingerprint density at radius 3 is 1.53 bits per heavy atom. The van der Waals surface area contributed by atoms with Crippen LogP contribution in [0.3, 0.4) is 0 Å². The number of nitrogens with one attached hydrogen (secondary N) is 2. The highest BCUT2D eigenvalue weighted by molar-refractivity contribution is 5.84. The van der Waals surface area contributed by atoms with Gasteiger partial charge in [-0.2, -0.15) is 0 Å². The van der Waals surface area contributed by atoms with Crippen molar-refractivity contribution in [2.75, 3.05) is 67.0 Å². The zero-order valence-corrected chi connectivity index (χ0v) is 47.1. The van der Waals surface area contributed by atoms with Crippen LogP contribution in [-0.4, -0.2) is 150 Å². The molecule has 70 heavy (non-hydrogen) atoms. The van der Waals surface area contributed by atoms with Gasteiger partial charge in [-0.15, -0.1) is 5.10 Å². The monoisotopic (exact) mass is 1000 g/mol. The van der Waals surface area contributed by atoms with Crippen LogP contribution >= 0.6 is 0 Å². The van der Waals surface area contributed by atoms with E-state index in [1.54, 1.807) is 25.5 Å². The van der Waals surface area contributed by atoms with Crippen molar-refractivity contribution in [3.05, 3.63) is 11.9 Å². The normalized spacial score (nSPS) is 12.6. The van der Waals surface area contributed by atoms with Crippen molar-refractivity contribution in [1.82, 2.24) is 25.6 Å². The molecule has 0 bridgehead atoms. The molecule has 0 spiro atoms. The van der Waals surface area contributed by atoms with Crippen LogP contribution in [0.15, 0.2) is 6.20 Å². The maximum Gasteiger partial charge on any atom is 0.226 e. The second-order valence-electron chi connectivity index (χ2n) is 21.4. The quantitative estimate of drug-likeness (QED) is 0.0508. The number of aromatic nitrogens is 3. The van der Waals surface area contributed by atoms with Gasteiger partial charge in [0.2, 0.25) is 11.8 Å². The number of carbonyl (C=O) groups excluding carboxylic acids is 6. The van der Waals surface area contributed by atoms with E-state index in [2.05, 4.69) is 34.8 Å². The first-order chi connectivity index (χ1) is 32.3. The lowest BCUT2D eigenvalue weighted by Gasteiger charge is -2.39. The van der Waals surface area contributed by atoms with Gasteiger partial charge < -0.3 is 44.9 Å². The second kappa shape index (κ2) is 34.8. The van der Waals surface area contributed by atoms with E-state index in [0.717, 1.165) is 14.2 Å². The molecule has 1 aromatic rings. The summed E-state index contributed by atoms with van der Waals surface area (Å²) in [4.78, 5) is 74.2. The molecular weight excluding hydrogens is 903 g/mol. The van der Waals surface area contributed by atoms with E-state index in [9.17, 15) is 28.8 Å². The van der Waals surface area contributed by atoms with Crippen LogP contribution in [0.1, 0.15) is 169 Å². The van der Waals surface area contributed by atoms with Crippen LogP contribution in [0.5, 0.6) is 0 Å². The molecule has 1 unspecified atom stereocenters. The van der Waals surface area contributed by atoms with Crippen LogP contribution in [-0.2, 0) is 58.7 Å². The molecule has 5 N–H and O–H groups in total. The third-order valence-corrected chi connectivity index (χ3v) is 12.1. The molecular formula is C52H99N5O13. The number of hydrogen-bond acceptors (Lipinski definition) is 15. The molecule has 410 valence electrons. The molecule has 0 radical (unpaired) electrons. The van der Waals surface area contributed by atoms with Crippen molar-refractivity contribution in [2.45, 2.75) is 191 Å². The molecule has 0 saturated heterocycles. The lowest BCUT2D eigenvalue weighted by Crippen LogP contribution is -2.59. The standard InChI is InChI=1S/C44H79N5O9.C6H12O2.2CH4O/c1-16-34(50)17-21-55-28-44(29-56-22-18-35(51)32(4)5,30-57-23-19-36(52)33(6)7)46-38(53)25-41(10,11)58-24-20-40(8,9)49-27-37(47-48-49)42(12,13)43(14,15)39(54)45-26-31(2)3;1-4(2)6(8)5(3)7;2*1-2/h27,31-33H,16-26,28-30H2,1-15H3,(H,45,54)(H,46,53);4-5,7H,1-3H3;2*2H,1H3. The number of Topliss-reactive ketones (excluding diaryl/α,β-unsaturated/α-hetero) is 4. The van der Waals surface area contributed by atoms with Gasteiger partial charge in [-0.1, -0.05) is 95.2 Å². The summed E-state index contributed by atoms with van der Waals surface area (Å²) in [7, 11) is 2.00. The summed E-state index contributed by atoms with van der Waals surface area (Å²) >= 11 is 0. The molecule has 0 aromatic carbocycles. The summed E-state index contributed by atoms with van der Waals surface area (Å²) in [5, 5.41) is 37.8. The van der Waals surface area contributed by atoms with Crippen LogP contribution in [0.4, 0.5) is 0 Å². The average Bonchev–Trinajstić information content (AvgIpc) is 3.80. The molecule has 0 aliphatic carbocycles. The zero-order chi connectivity index (χ0) is 55.3. The number of ether oxygens (including phenoxy) is 4. The third-order valence-electron chi connectivity index (χ3n) is 12.1. The third kappa shape index (κ3) is 27.3. The van der Waals surface area contributed by atoms with Gasteiger partial charge in [0.05, 0.1) is 68.3 Å². The first-order valence-corrected chi connectivity index (χ1v) is 24.9. The van der Waals surface area contributed by atoms with Gasteiger partial charge in [0.15, 0.2) is 5.78 Å². The number of hydrogen-bond donors (Lipinski definition) is 5. The Morgan fingerprint density at radius 2 is 1.14 bits per heavy atom. The van der Waals surface area contributed by atoms with Gasteiger partial charge in [-0.25, -0.2) is 4.68 Å². The SMILES string of the molecule is CC(C)C(=O)C(C)O.CCC(=O)CCOCC(COCCC(=O)C(C)C)(COCCC(=O)C(C)C)NC(=O)CC(C)(C)OCCC(C)(C)n1cc(C(C)(C)C(C)(C)C(=O)NCC(C)C)nn1.CO.CO. The van der Waals surface area contributed by atoms with Gasteiger partial charge in [-0.3, -0.25) is 28.8 Å². The van der Waals surface area contributed by atoms with E-state index in [1.165, 1.54) is 6.92 Å². The van der Waals surface area contributed by atoms with Crippen LogP contribution < -0.4 is 10.6 Å². The summed E-state index contributed by atoms with van der Waals surface area (Å²) < 4.78 is 26.1. The van der Waals surface area contributed by atoms with Crippen molar-refractivity contribution >= 4 is 34.9 Å². The summed E-state index contributed by atoms with van der Waals surface area (Å²) in [5.41, 5.74) is -3.21. The fourth-order valence-electron chi connectivity index (χ4n) is 6.24. The summed E-state index contributed by atoms with van der Waals surface area (Å²) in [6.45, 7) is 35.2. The predicted octanol–water partition coefficient (Wildman–Crippen LogP) is 5.98. The fourth-order valence-corrected chi connectivity index (χ4v) is 6.24. The Hall–Kier alpha value is -3.52. The Balaban J connectivity index is -0.00000333. The van der Waals surface area contributed by atoms with Gasteiger partial charge in [0, 0.05) is 82.4 Å². The minimum absolute atomic E-state index is 0.00319. The highest BCUT2D eigenvalue weighted by Crippen LogP contribution is 2.41. The number of aliphatic hydroxyl groups excluding tert-OH is 3. The van der Waals surface area contributed by atoms with Gasteiger partial charge in [0.25, 0.3) is 0 Å². The van der Waals surface area contributed by atoms with Crippen molar-refractivity contribution in [2.24, 2.45) is 29.1 Å². The first kappa shape index (κ1) is 70.7. The molecule has 18 heteroatoms. The molecule has 0 aliphatic heterocycles. The Morgan fingerprint density at radius 1 is 0.686 bits per heavy atom. The molecule has 1 atom stereocenters. The molecule has 1 rings (SSSR count). The van der Waals surface area contributed by atoms with E-state index in [1.807, 2.05) is 89.3 Å². The maximum atomic E-state index is 13.8. The number of ketones is 4. The molecule has 2 amide bonds. The van der Waals surface area contributed by atoms with Crippen LogP contribution in [0.25, 0.3) is 0 Å². The second-order valence-corrected chi connectivity index (χ2v) is 21.4. The van der Waals surface area contributed by atoms with E-state index in [4.69, 9.17) is 34.3 Å². The molecule has 0 saturated carbocycles. The summed E-state index contributed by atoms with van der Waals surface area (Å²) in [5.74, 6) is -0.245. The maximum absolute atomic E-state index is 13.8. The Bertz CT molecular complexity index is 1630. The first-order valence-electron chi connectivity index (χ1n) is 24.9. The van der Waals surface area contributed by atoms with Crippen molar-refractivity contribution in [1.29, 1.82) is 0 Å². The van der Waals surface area contributed by atoms with Gasteiger partial charge in [0.1, 0.15) is 29.0 Å². The predicted molar refractivity (Wildman–Crippen MR) is 273 cm³/mol. The highest BCUT2D eigenvalue weighted by atomic mass is 16.5. The zero-order valence-electron chi connectivity index (χ0n) is 47.1. The van der Waals surface area contributed by atoms with E-state index in [-0.39, 0.29) is 118 Å². The number of nitrogens with zero attached hydrogens (tertiary/aromatic N) is 3. The fraction of sp³-hybridized carbons (Fsp3) is 0.846. The topological polar surface area (TPSA) is 255 Å². The minimum atomic E-state index is -1.17. The largest absolute Gasteiger partial charge is 0.400 e. The van der Waals surface area contributed by atoms with Gasteiger partial charge >= 0.3 is 0 Å². The van der Waals surface area contributed by atoms with E-state index >= 15 is 0 Å². The molecule has 0 fully saturated rings. The summed E-state index contributed by atoms with van der Waals surface area (Å²) in [6.07, 6.45) is 2.72. The molecule has 1 heterocycles. The van der Waals surface area contributed by atoms with Crippen LogP contribution in [0, 0.1) is 29.1 Å². The van der Waals surface area contributed by atoms with Crippen molar-refractivity contribution in [3.63, 3.8) is 0 Å². The number of carbonyl (C=O) groups is 6. The van der Waals surface area contributed by atoms with Crippen LogP contribution in [0.2, 0.25) is 0 Å².